The minimum absolute atomic E-state index is 0.000727. The first-order valence-corrected chi connectivity index (χ1v) is 8.94. The highest BCUT2D eigenvalue weighted by atomic mass is 32.2. The molecule has 0 radical (unpaired) electrons. The zero-order valence-electron chi connectivity index (χ0n) is 13.1. The Kier molecular flexibility index (Phi) is 4.20. The molecule has 1 saturated heterocycles. The summed E-state index contributed by atoms with van der Waals surface area (Å²) < 4.78 is 42.5. The molecule has 1 atom stereocenters. The van der Waals surface area contributed by atoms with Crippen molar-refractivity contribution in [1.29, 1.82) is 0 Å². The average Bonchev–Trinajstić information content (AvgIpc) is 2.96. The maximum atomic E-state index is 13.7. The molecule has 0 amide bonds. The molecule has 1 aliphatic heterocycles. The van der Waals surface area contributed by atoms with Crippen LogP contribution in [-0.4, -0.2) is 40.6 Å². The van der Waals surface area contributed by atoms with Gasteiger partial charge < -0.3 is 4.57 Å². The lowest BCUT2D eigenvalue weighted by Crippen LogP contribution is -2.39. The molecule has 8 heteroatoms. The summed E-state index contributed by atoms with van der Waals surface area (Å²) in [6.07, 6.45) is 3.21. The normalized spacial score (nSPS) is 19.9. The van der Waals surface area contributed by atoms with Crippen molar-refractivity contribution in [2.75, 3.05) is 13.1 Å². The summed E-state index contributed by atoms with van der Waals surface area (Å²) in [5.74, 6) is 0.272. The third-order valence-electron chi connectivity index (χ3n) is 4.28. The number of hydrogen-bond acceptors (Lipinski definition) is 4. The lowest BCUT2D eigenvalue weighted by molar-refractivity contribution is 0.306. The van der Waals surface area contributed by atoms with Crippen LogP contribution in [0.3, 0.4) is 0 Å². The predicted octanol–water partition coefficient (Wildman–Crippen LogP) is 1.83. The van der Waals surface area contributed by atoms with E-state index < -0.39 is 15.8 Å². The lowest BCUT2D eigenvalue weighted by Gasteiger charge is -2.31. The summed E-state index contributed by atoms with van der Waals surface area (Å²) in [6.45, 7) is 2.38. The zero-order chi connectivity index (χ0) is 16.6. The van der Waals surface area contributed by atoms with E-state index >= 15 is 0 Å². The standard InChI is InChI=1S/C15H19FN4O2S/c1-11-5-6-13(8-14(11)16)23(21,22)20-7-3-4-12(9-20)15-18-17-10-19(15)2/h5-6,8,10,12H,3-4,7,9H2,1-2H3/t12-/m1/s1. The third-order valence-corrected chi connectivity index (χ3v) is 6.14. The highest BCUT2D eigenvalue weighted by molar-refractivity contribution is 7.89. The number of benzene rings is 1. The number of sulfonamides is 1. The number of piperidine rings is 1. The van der Waals surface area contributed by atoms with Crippen LogP contribution in [-0.2, 0) is 17.1 Å². The zero-order valence-corrected chi connectivity index (χ0v) is 13.9. The molecule has 1 fully saturated rings. The first-order chi connectivity index (χ1) is 10.9. The SMILES string of the molecule is Cc1ccc(S(=O)(=O)N2CCC[C@@H](c3nncn3C)C2)cc1F. The van der Waals surface area contributed by atoms with Gasteiger partial charge in [-0.25, -0.2) is 12.8 Å². The number of rotatable bonds is 3. The molecule has 2 aromatic rings. The predicted molar refractivity (Wildman–Crippen MR) is 82.9 cm³/mol. The van der Waals surface area contributed by atoms with Gasteiger partial charge in [0.25, 0.3) is 0 Å². The van der Waals surface area contributed by atoms with Crippen molar-refractivity contribution in [1.82, 2.24) is 19.1 Å². The van der Waals surface area contributed by atoms with E-state index in [0.29, 0.717) is 18.7 Å². The Hall–Kier alpha value is -1.80. The van der Waals surface area contributed by atoms with Crippen LogP contribution in [0.5, 0.6) is 0 Å². The summed E-state index contributed by atoms with van der Waals surface area (Å²) in [4.78, 5) is -0.000727. The van der Waals surface area contributed by atoms with E-state index in [0.717, 1.165) is 24.7 Å². The van der Waals surface area contributed by atoms with Gasteiger partial charge in [-0.05, 0) is 37.5 Å². The van der Waals surface area contributed by atoms with Crippen LogP contribution in [0.15, 0.2) is 29.4 Å². The second kappa shape index (κ2) is 6.01. The van der Waals surface area contributed by atoms with Gasteiger partial charge in [0.2, 0.25) is 10.0 Å². The number of halogens is 1. The molecular formula is C15H19FN4O2S. The molecule has 6 nitrogen and oxygen atoms in total. The smallest absolute Gasteiger partial charge is 0.243 e. The molecule has 0 unspecified atom stereocenters. The average molecular weight is 338 g/mol. The van der Waals surface area contributed by atoms with Crippen molar-refractivity contribution >= 4 is 10.0 Å². The van der Waals surface area contributed by atoms with Crippen molar-refractivity contribution in [3.8, 4) is 0 Å². The quantitative estimate of drug-likeness (QED) is 0.856. The maximum Gasteiger partial charge on any atom is 0.243 e. The van der Waals surface area contributed by atoms with Gasteiger partial charge in [0.1, 0.15) is 18.0 Å². The molecule has 124 valence electrons. The monoisotopic (exact) mass is 338 g/mol. The van der Waals surface area contributed by atoms with E-state index in [1.807, 2.05) is 11.6 Å². The number of aromatic nitrogens is 3. The van der Waals surface area contributed by atoms with E-state index in [2.05, 4.69) is 10.2 Å². The van der Waals surface area contributed by atoms with Gasteiger partial charge in [-0.1, -0.05) is 6.07 Å². The van der Waals surface area contributed by atoms with Crippen LogP contribution in [0.2, 0.25) is 0 Å². The second-order valence-corrected chi connectivity index (χ2v) is 7.85. The Labute approximate surface area is 135 Å². The Morgan fingerprint density at radius 1 is 1.35 bits per heavy atom. The first kappa shape index (κ1) is 16.1. The van der Waals surface area contributed by atoms with Crippen LogP contribution in [0.1, 0.15) is 30.1 Å². The summed E-state index contributed by atoms with van der Waals surface area (Å²) in [5, 5.41) is 7.94. The molecule has 23 heavy (non-hydrogen) atoms. The van der Waals surface area contributed by atoms with Gasteiger partial charge >= 0.3 is 0 Å². The fourth-order valence-corrected chi connectivity index (χ4v) is 4.45. The van der Waals surface area contributed by atoms with Crippen LogP contribution >= 0.6 is 0 Å². The van der Waals surface area contributed by atoms with Crippen LogP contribution in [0, 0.1) is 12.7 Å². The van der Waals surface area contributed by atoms with Gasteiger partial charge in [-0.15, -0.1) is 10.2 Å². The lowest BCUT2D eigenvalue weighted by atomic mass is 9.99. The van der Waals surface area contributed by atoms with Crippen molar-refractivity contribution in [3.05, 3.63) is 41.7 Å². The Morgan fingerprint density at radius 2 is 2.13 bits per heavy atom. The van der Waals surface area contributed by atoms with Crippen LogP contribution in [0.25, 0.3) is 0 Å². The van der Waals surface area contributed by atoms with E-state index in [1.54, 1.807) is 13.3 Å². The van der Waals surface area contributed by atoms with Crippen molar-refractivity contribution in [2.45, 2.75) is 30.6 Å². The summed E-state index contributed by atoms with van der Waals surface area (Å²) in [5.41, 5.74) is 0.430. The number of hydrogen-bond donors (Lipinski definition) is 0. The van der Waals surface area contributed by atoms with Crippen molar-refractivity contribution < 1.29 is 12.8 Å². The number of nitrogens with zero attached hydrogens (tertiary/aromatic N) is 4. The molecule has 2 heterocycles. The molecule has 0 bridgehead atoms. The molecular weight excluding hydrogens is 319 g/mol. The maximum absolute atomic E-state index is 13.7. The van der Waals surface area contributed by atoms with Gasteiger partial charge in [-0.2, -0.15) is 4.31 Å². The minimum atomic E-state index is -3.70. The van der Waals surface area contributed by atoms with Gasteiger partial charge in [0.05, 0.1) is 4.90 Å². The minimum Gasteiger partial charge on any atom is -0.320 e. The highest BCUT2D eigenvalue weighted by Crippen LogP contribution is 2.29. The topological polar surface area (TPSA) is 68.1 Å². The molecule has 0 N–H and O–H groups in total. The van der Waals surface area contributed by atoms with Gasteiger partial charge in [0.15, 0.2) is 0 Å². The number of aryl methyl sites for hydroxylation is 2. The van der Waals surface area contributed by atoms with Gasteiger partial charge in [0, 0.05) is 26.1 Å². The Balaban J connectivity index is 1.88. The van der Waals surface area contributed by atoms with Crippen LogP contribution in [0.4, 0.5) is 4.39 Å². The largest absolute Gasteiger partial charge is 0.320 e. The fraction of sp³-hybridized carbons (Fsp3) is 0.467. The summed E-state index contributed by atoms with van der Waals surface area (Å²) >= 11 is 0. The Morgan fingerprint density at radius 3 is 2.78 bits per heavy atom. The molecule has 0 saturated carbocycles. The second-order valence-electron chi connectivity index (χ2n) is 5.91. The van der Waals surface area contributed by atoms with E-state index in [9.17, 15) is 12.8 Å². The summed E-state index contributed by atoms with van der Waals surface area (Å²) in [7, 11) is -1.86. The molecule has 0 spiro atoms. The molecule has 1 aliphatic rings. The van der Waals surface area contributed by atoms with Gasteiger partial charge in [-0.3, -0.25) is 0 Å². The van der Waals surface area contributed by atoms with Crippen molar-refractivity contribution in [3.63, 3.8) is 0 Å². The highest BCUT2D eigenvalue weighted by Gasteiger charge is 2.32. The van der Waals surface area contributed by atoms with E-state index in [4.69, 9.17) is 0 Å². The van der Waals surface area contributed by atoms with Crippen molar-refractivity contribution in [2.24, 2.45) is 7.05 Å². The molecule has 1 aromatic heterocycles. The molecule has 1 aromatic carbocycles. The van der Waals surface area contributed by atoms with Crippen LogP contribution < -0.4 is 0 Å². The summed E-state index contributed by atoms with van der Waals surface area (Å²) in [6, 6.07) is 4.04. The molecule has 0 aliphatic carbocycles. The first-order valence-electron chi connectivity index (χ1n) is 7.50. The Bertz CT molecular complexity index is 819. The molecule has 3 rings (SSSR count). The fourth-order valence-electron chi connectivity index (χ4n) is 2.92. The van der Waals surface area contributed by atoms with E-state index in [-0.39, 0.29) is 10.8 Å². The third kappa shape index (κ3) is 3.00. The van der Waals surface area contributed by atoms with E-state index in [1.165, 1.54) is 16.4 Å².